The van der Waals surface area contributed by atoms with Crippen molar-refractivity contribution < 1.29 is 35.3 Å². The summed E-state index contributed by atoms with van der Waals surface area (Å²) in [6.07, 6.45) is 2.26. The third-order valence-electron chi connectivity index (χ3n) is 3.13. The number of alkyl halides is 3. The summed E-state index contributed by atoms with van der Waals surface area (Å²) in [5, 5.41) is 0. The first kappa shape index (κ1) is 17.4. The third-order valence-corrected chi connectivity index (χ3v) is 4.11. The lowest BCUT2D eigenvalue weighted by atomic mass is 10.1. The first-order chi connectivity index (χ1) is 10.7. The lowest BCUT2D eigenvalue weighted by molar-refractivity contribution is -0.0500. The van der Waals surface area contributed by atoms with E-state index in [0.29, 0.717) is 13.1 Å². The second-order valence-corrected chi connectivity index (χ2v) is 6.41. The Morgan fingerprint density at radius 3 is 2.04 bits per heavy atom. The zero-order chi connectivity index (χ0) is 17.1. The standard InChI is InChI=1S/C13H14F3NO5S/c14-13(15,16)23(19,20)22-11-6-4-10(5-7-11)21-12(18)17-8-2-1-3-9-17/h4-7H,1-3,8-9H2. The Balaban J connectivity index is 1.98. The lowest BCUT2D eigenvalue weighted by Gasteiger charge is -2.25. The van der Waals surface area contributed by atoms with Crippen LogP contribution in [-0.2, 0) is 10.1 Å². The molecular weight excluding hydrogens is 339 g/mol. The molecule has 0 aromatic heterocycles. The second kappa shape index (κ2) is 6.65. The van der Waals surface area contributed by atoms with Crippen LogP contribution in [-0.4, -0.2) is 38.0 Å². The van der Waals surface area contributed by atoms with Gasteiger partial charge in [0.25, 0.3) is 0 Å². The van der Waals surface area contributed by atoms with Gasteiger partial charge in [-0.1, -0.05) is 0 Å². The minimum Gasteiger partial charge on any atom is -0.410 e. The van der Waals surface area contributed by atoms with Crippen LogP contribution in [0.25, 0.3) is 0 Å². The zero-order valence-electron chi connectivity index (χ0n) is 11.9. The Hall–Kier alpha value is -1.97. The van der Waals surface area contributed by atoms with Crippen LogP contribution in [0.2, 0.25) is 0 Å². The Kier molecular flexibility index (Phi) is 5.03. The van der Waals surface area contributed by atoms with Crippen LogP contribution in [0.3, 0.4) is 0 Å². The van der Waals surface area contributed by atoms with E-state index in [2.05, 4.69) is 4.18 Å². The van der Waals surface area contributed by atoms with Crippen molar-refractivity contribution in [3.63, 3.8) is 0 Å². The van der Waals surface area contributed by atoms with Crippen LogP contribution in [0.5, 0.6) is 11.5 Å². The van der Waals surface area contributed by atoms with Crippen molar-refractivity contribution in [1.29, 1.82) is 0 Å². The molecule has 1 aromatic carbocycles. The van der Waals surface area contributed by atoms with Gasteiger partial charge in [-0.05, 0) is 43.5 Å². The molecule has 1 fully saturated rings. The van der Waals surface area contributed by atoms with E-state index < -0.39 is 27.5 Å². The van der Waals surface area contributed by atoms with Gasteiger partial charge in [0.2, 0.25) is 0 Å². The van der Waals surface area contributed by atoms with Gasteiger partial charge >= 0.3 is 21.7 Å². The number of carbonyl (C=O) groups excluding carboxylic acids is 1. The molecule has 0 saturated carbocycles. The molecule has 128 valence electrons. The molecule has 1 aliphatic rings. The number of halogens is 3. The highest BCUT2D eigenvalue weighted by molar-refractivity contribution is 7.87. The van der Waals surface area contributed by atoms with Crippen molar-refractivity contribution in [2.45, 2.75) is 24.8 Å². The SMILES string of the molecule is O=C(Oc1ccc(OS(=O)(=O)C(F)(F)F)cc1)N1CCCCC1. The Labute approximate surface area is 130 Å². The number of piperidine rings is 1. The van der Waals surface area contributed by atoms with E-state index in [1.54, 1.807) is 0 Å². The van der Waals surface area contributed by atoms with E-state index >= 15 is 0 Å². The summed E-state index contributed by atoms with van der Waals surface area (Å²) in [6.45, 7) is 1.17. The number of nitrogens with zero attached hydrogens (tertiary/aromatic N) is 1. The van der Waals surface area contributed by atoms with E-state index in [9.17, 15) is 26.4 Å². The predicted molar refractivity (Wildman–Crippen MR) is 73.5 cm³/mol. The molecule has 1 heterocycles. The molecule has 1 amide bonds. The number of hydrogen-bond acceptors (Lipinski definition) is 5. The molecule has 2 rings (SSSR count). The molecule has 1 saturated heterocycles. The van der Waals surface area contributed by atoms with Gasteiger partial charge in [0.1, 0.15) is 11.5 Å². The molecule has 1 aliphatic heterocycles. The number of likely N-dealkylation sites (tertiary alicyclic amines) is 1. The monoisotopic (exact) mass is 353 g/mol. The van der Waals surface area contributed by atoms with Gasteiger partial charge in [0, 0.05) is 13.1 Å². The molecule has 0 aliphatic carbocycles. The van der Waals surface area contributed by atoms with Gasteiger partial charge in [-0.2, -0.15) is 21.6 Å². The molecule has 6 nitrogen and oxygen atoms in total. The average molecular weight is 353 g/mol. The Morgan fingerprint density at radius 2 is 1.52 bits per heavy atom. The van der Waals surface area contributed by atoms with Gasteiger partial charge in [0.15, 0.2) is 0 Å². The van der Waals surface area contributed by atoms with Gasteiger partial charge in [-0.3, -0.25) is 0 Å². The number of carbonyl (C=O) groups is 1. The highest BCUT2D eigenvalue weighted by Gasteiger charge is 2.48. The lowest BCUT2D eigenvalue weighted by Crippen LogP contribution is -2.37. The molecule has 1 aromatic rings. The summed E-state index contributed by atoms with van der Waals surface area (Å²) in [6, 6.07) is 4.26. The summed E-state index contributed by atoms with van der Waals surface area (Å²) in [5.41, 5.74) is -5.51. The Morgan fingerprint density at radius 1 is 1.00 bits per heavy atom. The van der Waals surface area contributed by atoms with Crippen molar-refractivity contribution in [1.82, 2.24) is 4.90 Å². The quantitative estimate of drug-likeness (QED) is 0.617. The van der Waals surface area contributed by atoms with Crippen molar-refractivity contribution in [3.8, 4) is 11.5 Å². The normalized spacial score (nSPS) is 16.0. The predicted octanol–water partition coefficient (Wildman–Crippen LogP) is 2.90. The molecule has 0 N–H and O–H groups in total. The van der Waals surface area contributed by atoms with E-state index in [0.717, 1.165) is 43.5 Å². The number of amides is 1. The van der Waals surface area contributed by atoms with E-state index in [1.165, 1.54) is 4.90 Å². The first-order valence-electron chi connectivity index (χ1n) is 6.76. The molecule has 0 unspecified atom stereocenters. The number of ether oxygens (including phenoxy) is 1. The molecule has 0 atom stereocenters. The van der Waals surface area contributed by atoms with Crippen molar-refractivity contribution in [3.05, 3.63) is 24.3 Å². The van der Waals surface area contributed by atoms with Crippen molar-refractivity contribution >= 4 is 16.2 Å². The van der Waals surface area contributed by atoms with Crippen LogP contribution in [0, 0.1) is 0 Å². The first-order valence-corrected chi connectivity index (χ1v) is 8.17. The maximum atomic E-state index is 12.2. The largest absolute Gasteiger partial charge is 0.534 e. The highest BCUT2D eigenvalue weighted by Crippen LogP contribution is 2.28. The van der Waals surface area contributed by atoms with E-state index in [-0.39, 0.29) is 5.75 Å². The minimum atomic E-state index is -5.72. The molecule has 23 heavy (non-hydrogen) atoms. The molecule has 10 heteroatoms. The summed E-state index contributed by atoms with van der Waals surface area (Å²) in [5.74, 6) is -0.447. The third kappa shape index (κ3) is 4.50. The van der Waals surface area contributed by atoms with Crippen LogP contribution in [0.15, 0.2) is 24.3 Å². The fourth-order valence-electron chi connectivity index (χ4n) is 1.98. The number of hydrogen-bond donors (Lipinski definition) is 0. The van der Waals surface area contributed by atoms with Crippen molar-refractivity contribution in [2.75, 3.05) is 13.1 Å². The molecule has 0 bridgehead atoms. The zero-order valence-corrected chi connectivity index (χ0v) is 12.7. The number of benzene rings is 1. The summed E-state index contributed by atoms with van der Waals surface area (Å²) < 4.78 is 67.3. The summed E-state index contributed by atoms with van der Waals surface area (Å²) in [4.78, 5) is 13.4. The van der Waals surface area contributed by atoms with E-state index in [1.807, 2.05) is 0 Å². The fourth-order valence-corrected chi connectivity index (χ4v) is 2.44. The van der Waals surface area contributed by atoms with Crippen LogP contribution < -0.4 is 8.92 Å². The van der Waals surface area contributed by atoms with Crippen molar-refractivity contribution in [2.24, 2.45) is 0 Å². The summed E-state index contributed by atoms with van der Waals surface area (Å²) in [7, 11) is -5.72. The van der Waals surface area contributed by atoms with Gasteiger partial charge in [-0.15, -0.1) is 0 Å². The van der Waals surface area contributed by atoms with Gasteiger partial charge in [0.05, 0.1) is 0 Å². The van der Waals surface area contributed by atoms with Crippen LogP contribution in [0.1, 0.15) is 19.3 Å². The van der Waals surface area contributed by atoms with E-state index in [4.69, 9.17) is 4.74 Å². The Bertz CT molecular complexity index is 651. The van der Waals surface area contributed by atoms with Gasteiger partial charge in [-0.25, -0.2) is 4.79 Å². The van der Waals surface area contributed by atoms with Crippen LogP contribution in [0.4, 0.5) is 18.0 Å². The molecule has 0 radical (unpaired) electrons. The second-order valence-electron chi connectivity index (χ2n) is 4.87. The fraction of sp³-hybridized carbons (Fsp3) is 0.462. The average Bonchev–Trinajstić information content (AvgIpc) is 2.48. The number of rotatable bonds is 3. The minimum absolute atomic E-state index is 0.0809. The topological polar surface area (TPSA) is 72.9 Å². The summed E-state index contributed by atoms with van der Waals surface area (Å²) >= 11 is 0. The highest BCUT2D eigenvalue weighted by atomic mass is 32.2. The van der Waals surface area contributed by atoms with Crippen LogP contribution >= 0.6 is 0 Å². The maximum Gasteiger partial charge on any atom is 0.534 e. The molecular formula is C13H14F3NO5S. The van der Waals surface area contributed by atoms with Gasteiger partial charge < -0.3 is 13.8 Å². The maximum absolute atomic E-state index is 12.2. The molecule has 0 spiro atoms. The smallest absolute Gasteiger partial charge is 0.410 e.